The highest BCUT2D eigenvalue weighted by molar-refractivity contribution is 6.09. The lowest BCUT2D eigenvalue weighted by molar-refractivity contribution is 0.669. The van der Waals surface area contributed by atoms with Gasteiger partial charge in [0.25, 0.3) is 0 Å². The van der Waals surface area contributed by atoms with Gasteiger partial charge in [-0.1, -0.05) is 182 Å². The van der Waals surface area contributed by atoms with Crippen LogP contribution in [0.2, 0.25) is 0 Å². The first kappa shape index (κ1) is 40.1. The van der Waals surface area contributed by atoms with Crippen LogP contribution in [-0.2, 0) is 0 Å². The summed E-state index contributed by atoms with van der Waals surface area (Å²) < 4.78 is 8.72. The van der Waals surface area contributed by atoms with Crippen molar-refractivity contribution in [2.45, 2.75) is 0 Å². The molecular weight excluding hydrogens is 837 g/mol. The molecule has 69 heavy (non-hydrogen) atoms. The molecule has 13 rings (SSSR count). The molecule has 2 heterocycles. The summed E-state index contributed by atoms with van der Waals surface area (Å²) in [5, 5.41) is 4.78. The van der Waals surface area contributed by atoms with Crippen molar-refractivity contribution in [3.63, 3.8) is 0 Å². The number of para-hydroxylation sites is 3. The minimum absolute atomic E-state index is 0.887. The van der Waals surface area contributed by atoms with Crippen LogP contribution >= 0.6 is 0 Å². The van der Waals surface area contributed by atoms with Crippen molar-refractivity contribution in [1.82, 2.24) is 4.57 Å². The molecule has 11 aromatic carbocycles. The van der Waals surface area contributed by atoms with E-state index in [4.69, 9.17) is 4.42 Å². The highest BCUT2D eigenvalue weighted by Crippen LogP contribution is 2.41. The molecular formula is C66H44N2O. The molecule has 0 N–H and O–H groups in total. The third-order valence-electron chi connectivity index (χ3n) is 13.6. The van der Waals surface area contributed by atoms with Crippen LogP contribution in [0.1, 0.15) is 0 Å². The topological polar surface area (TPSA) is 21.3 Å². The van der Waals surface area contributed by atoms with Crippen LogP contribution in [0.4, 0.5) is 17.1 Å². The first-order chi connectivity index (χ1) is 34.2. The summed E-state index contributed by atoms with van der Waals surface area (Å²) in [6.07, 6.45) is 0. The summed E-state index contributed by atoms with van der Waals surface area (Å²) in [6.45, 7) is 0. The van der Waals surface area contributed by atoms with E-state index in [2.05, 4.69) is 264 Å². The van der Waals surface area contributed by atoms with Gasteiger partial charge in [-0.3, -0.25) is 0 Å². The van der Waals surface area contributed by atoms with Crippen LogP contribution in [0, 0.1) is 0 Å². The van der Waals surface area contributed by atoms with E-state index in [9.17, 15) is 0 Å². The number of rotatable bonds is 9. The molecule has 0 fully saturated rings. The van der Waals surface area contributed by atoms with E-state index in [1.165, 1.54) is 49.6 Å². The number of furan rings is 1. The summed E-state index contributed by atoms with van der Waals surface area (Å²) >= 11 is 0. The number of anilines is 3. The second kappa shape index (κ2) is 16.9. The van der Waals surface area contributed by atoms with Gasteiger partial charge in [0, 0.05) is 44.3 Å². The molecule has 0 aliphatic rings. The Labute approximate surface area is 401 Å². The summed E-state index contributed by atoms with van der Waals surface area (Å²) in [5.41, 5.74) is 20.2. The molecule has 0 aliphatic heterocycles. The maximum Gasteiger partial charge on any atom is 0.136 e. The minimum Gasteiger partial charge on any atom is -0.456 e. The number of nitrogens with zero attached hydrogens (tertiary/aromatic N) is 2. The van der Waals surface area contributed by atoms with Crippen molar-refractivity contribution in [3.8, 4) is 61.3 Å². The lowest BCUT2D eigenvalue weighted by Gasteiger charge is -2.27. The molecule has 0 radical (unpaired) electrons. The smallest absolute Gasteiger partial charge is 0.136 e. The first-order valence-electron chi connectivity index (χ1n) is 23.6. The second-order valence-electron chi connectivity index (χ2n) is 17.7. The van der Waals surface area contributed by atoms with Crippen LogP contribution < -0.4 is 4.90 Å². The number of hydrogen-bond donors (Lipinski definition) is 0. The third kappa shape index (κ3) is 7.34. The van der Waals surface area contributed by atoms with E-state index in [0.29, 0.717) is 0 Å². The average Bonchev–Trinajstić information content (AvgIpc) is 3.97. The fraction of sp³-hybridized carbons (Fsp3) is 0. The fourth-order valence-electron chi connectivity index (χ4n) is 10.2. The summed E-state index contributed by atoms with van der Waals surface area (Å²) in [4.78, 5) is 2.37. The number of aromatic nitrogens is 1. The van der Waals surface area contributed by atoms with Crippen molar-refractivity contribution in [3.05, 3.63) is 267 Å². The number of hydrogen-bond acceptors (Lipinski definition) is 2. The van der Waals surface area contributed by atoms with E-state index >= 15 is 0 Å². The van der Waals surface area contributed by atoms with Gasteiger partial charge in [0.1, 0.15) is 11.2 Å². The Bertz CT molecular complexity index is 3960. The molecule has 0 spiro atoms. The van der Waals surface area contributed by atoms with Crippen LogP contribution in [-0.4, -0.2) is 4.57 Å². The lowest BCUT2D eigenvalue weighted by Crippen LogP contribution is -2.10. The van der Waals surface area contributed by atoms with E-state index in [1.54, 1.807) is 0 Å². The maximum absolute atomic E-state index is 6.34. The maximum atomic E-state index is 6.34. The monoisotopic (exact) mass is 880 g/mol. The molecule has 0 aliphatic carbocycles. The Morgan fingerprint density at radius 3 is 1.33 bits per heavy atom. The zero-order valence-electron chi connectivity index (χ0n) is 37.7. The minimum atomic E-state index is 0.887. The van der Waals surface area contributed by atoms with Gasteiger partial charge >= 0.3 is 0 Å². The molecule has 13 aromatic rings. The van der Waals surface area contributed by atoms with E-state index in [0.717, 1.165) is 72.5 Å². The van der Waals surface area contributed by atoms with E-state index in [1.807, 2.05) is 12.1 Å². The van der Waals surface area contributed by atoms with Gasteiger partial charge in [0.05, 0.1) is 11.0 Å². The summed E-state index contributed by atoms with van der Waals surface area (Å²) in [7, 11) is 0. The average molecular weight is 881 g/mol. The highest BCUT2D eigenvalue weighted by atomic mass is 16.3. The Morgan fingerprint density at radius 2 is 0.667 bits per heavy atom. The van der Waals surface area contributed by atoms with Crippen LogP contribution in [0.5, 0.6) is 0 Å². The van der Waals surface area contributed by atoms with Crippen LogP contribution in [0.25, 0.3) is 105 Å². The van der Waals surface area contributed by atoms with Gasteiger partial charge < -0.3 is 13.9 Å². The fourth-order valence-corrected chi connectivity index (χ4v) is 10.2. The summed E-state index contributed by atoms with van der Waals surface area (Å²) in [5.74, 6) is 0. The van der Waals surface area contributed by atoms with Gasteiger partial charge in [-0.25, -0.2) is 0 Å². The Hall–Kier alpha value is -9.18. The van der Waals surface area contributed by atoms with Gasteiger partial charge in [0.2, 0.25) is 0 Å². The Balaban J connectivity index is 0.865. The van der Waals surface area contributed by atoms with Crippen molar-refractivity contribution in [1.29, 1.82) is 0 Å². The molecule has 0 amide bonds. The van der Waals surface area contributed by atoms with E-state index < -0.39 is 0 Å². The second-order valence-corrected chi connectivity index (χ2v) is 17.7. The zero-order valence-corrected chi connectivity index (χ0v) is 37.7. The number of fused-ring (bicyclic) bond motifs is 6. The largest absolute Gasteiger partial charge is 0.456 e. The molecule has 0 saturated carbocycles. The van der Waals surface area contributed by atoms with Crippen molar-refractivity contribution in [2.75, 3.05) is 4.90 Å². The first-order valence-corrected chi connectivity index (χ1v) is 23.6. The molecule has 2 aromatic heterocycles. The molecule has 0 saturated heterocycles. The van der Waals surface area contributed by atoms with Crippen molar-refractivity contribution in [2.24, 2.45) is 0 Å². The van der Waals surface area contributed by atoms with Crippen LogP contribution in [0.3, 0.4) is 0 Å². The number of benzene rings is 11. The van der Waals surface area contributed by atoms with Gasteiger partial charge in [-0.05, 0) is 141 Å². The quantitative estimate of drug-likeness (QED) is 0.144. The molecule has 0 unspecified atom stereocenters. The molecule has 324 valence electrons. The standard InChI is InChI=1S/C66H44N2O/c1-2-14-45(15-3-1)46-30-32-47(33-31-46)51-18-11-21-56(41-51)67(57-22-12-20-53(42-57)54-36-39-62-61-26-6-9-29-65(61)69-66(62)44-54)55-37-34-48(35-38-55)49-16-10-17-50(40-49)52-19-13-23-58(43-52)68-63-27-7-4-24-59(63)60-25-5-8-28-64(60)68/h1-44H. The molecule has 0 atom stereocenters. The lowest BCUT2D eigenvalue weighted by atomic mass is 9.98. The predicted molar refractivity (Wildman–Crippen MR) is 290 cm³/mol. The molecule has 3 nitrogen and oxygen atoms in total. The van der Waals surface area contributed by atoms with Gasteiger partial charge in [0.15, 0.2) is 0 Å². The Kier molecular flexibility index (Phi) is 9.84. The SMILES string of the molecule is c1ccc(-c2ccc(-c3cccc(N(c4ccc(-c5cccc(-c6cccc(-n7c8ccccc8c8ccccc87)c6)c5)cc4)c4cccc(-c5ccc6c(c5)oc5ccccc56)c4)c3)cc2)cc1. The summed E-state index contributed by atoms with van der Waals surface area (Å²) in [6, 6.07) is 96.1. The van der Waals surface area contributed by atoms with E-state index in [-0.39, 0.29) is 0 Å². The Morgan fingerprint density at radius 1 is 0.246 bits per heavy atom. The third-order valence-corrected chi connectivity index (χ3v) is 13.6. The van der Waals surface area contributed by atoms with Gasteiger partial charge in [-0.2, -0.15) is 0 Å². The van der Waals surface area contributed by atoms with Crippen LogP contribution in [0.15, 0.2) is 271 Å². The molecule has 0 bridgehead atoms. The zero-order chi connectivity index (χ0) is 45.7. The predicted octanol–water partition coefficient (Wildman–Crippen LogP) is 18.5. The normalized spacial score (nSPS) is 11.5. The molecule has 3 heteroatoms. The highest BCUT2D eigenvalue weighted by Gasteiger charge is 2.17. The van der Waals surface area contributed by atoms with Crippen molar-refractivity contribution >= 4 is 60.8 Å². The van der Waals surface area contributed by atoms with Gasteiger partial charge in [-0.15, -0.1) is 0 Å². The van der Waals surface area contributed by atoms with Crippen molar-refractivity contribution < 1.29 is 4.42 Å².